The molecule has 2 saturated heterocycles. The van der Waals surface area contributed by atoms with Crippen LogP contribution in [0.25, 0.3) is 0 Å². The summed E-state index contributed by atoms with van der Waals surface area (Å²) >= 11 is 0. The van der Waals surface area contributed by atoms with Crippen LogP contribution in [0.2, 0.25) is 0 Å². The maximum absolute atomic E-state index is 12.9. The molecule has 2 atom stereocenters. The number of benzene rings is 1. The lowest BCUT2D eigenvalue weighted by molar-refractivity contribution is -0.138. The minimum Gasteiger partial charge on any atom is -0.497 e. The molecule has 2 unspecified atom stereocenters. The van der Waals surface area contributed by atoms with Crippen LogP contribution in [0.5, 0.6) is 5.75 Å². The Labute approximate surface area is 164 Å². The van der Waals surface area contributed by atoms with E-state index in [2.05, 4.69) is 5.32 Å². The quantitative estimate of drug-likeness (QED) is 0.712. The first-order valence-corrected chi connectivity index (χ1v) is 8.65. The second-order valence-electron chi connectivity index (χ2n) is 6.91. The second-order valence-corrected chi connectivity index (χ2v) is 6.91. The van der Waals surface area contributed by atoms with E-state index in [0.717, 1.165) is 11.3 Å². The van der Waals surface area contributed by atoms with Gasteiger partial charge >= 0.3 is 6.03 Å². The summed E-state index contributed by atoms with van der Waals surface area (Å²) in [4.78, 5) is 40.4. The summed E-state index contributed by atoms with van der Waals surface area (Å²) in [5.74, 6) is 0.273. The first-order valence-electron chi connectivity index (χ1n) is 8.65. The topological polar surface area (TPSA) is 105 Å². The van der Waals surface area contributed by atoms with Crippen LogP contribution in [0.1, 0.15) is 18.9 Å². The number of rotatable bonds is 5. The summed E-state index contributed by atoms with van der Waals surface area (Å²) in [6.45, 7) is 3.10. The van der Waals surface area contributed by atoms with Gasteiger partial charge in [-0.15, -0.1) is 12.4 Å². The number of imide groups is 1. The van der Waals surface area contributed by atoms with Gasteiger partial charge in [0.2, 0.25) is 5.91 Å². The van der Waals surface area contributed by atoms with Gasteiger partial charge in [-0.05, 0) is 43.5 Å². The van der Waals surface area contributed by atoms with Gasteiger partial charge in [0.05, 0.1) is 7.11 Å². The molecule has 1 aromatic carbocycles. The van der Waals surface area contributed by atoms with Crippen LogP contribution >= 0.6 is 12.4 Å². The summed E-state index contributed by atoms with van der Waals surface area (Å²) in [7, 11) is 1.56. The van der Waals surface area contributed by atoms with E-state index in [0.29, 0.717) is 30.9 Å². The average molecular weight is 397 g/mol. The van der Waals surface area contributed by atoms with Crippen LogP contribution < -0.4 is 15.8 Å². The highest BCUT2D eigenvalue weighted by Crippen LogP contribution is 2.30. The molecule has 148 valence electrons. The van der Waals surface area contributed by atoms with E-state index in [-0.39, 0.29) is 30.8 Å². The zero-order valence-electron chi connectivity index (χ0n) is 15.4. The van der Waals surface area contributed by atoms with E-state index in [1.54, 1.807) is 43.2 Å². The van der Waals surface area contributed by atoms with Crippen molar-refractivity contribution < 1.29 is 19.1 Å². The molecular formula is C18H25ClN4O4. The fraction of sp³-hybridized carbons (Fsp3) is 0.500. The molecule has 9 heteroatoms. The minimum absolute atomic E-state index is 0. The number of urea groups is 1. The van der Waals surface area contributed by atoms with Crippen molar-refractivity contribution in [3.8, 4) is 5.75 Å². The van der Waals surface area contributed by atoms with Crippen molar-refractivity contribution in [3.05, 3.63) is 29.8 Å². The van der Waals surface area contributed by atoms with Crippen molar-refractivity contribution in [1.29, 1.82) is 0 Å². The monoisotopic (exact) mass is 396 g/mol. The lowest BCUT2D eigenvalue weighted by Crippen LogP contribution is -2.44. The number of nitrogens with one attached hydrogen (secondary N) is 1. The minimum atomic E-state index is -1.20. The number of likely N-dealkylation sites (tertiary alicyclic amines) is 1. The van der Waals surface area contributed by atoms with E-state index in [4.69, 9.17) is 10.5 Å². The molecule has 2 aliphatic rings. The zero-order chi connectivity index (χ0) is 18.9. The molecule has 0 radical (unpaired) electrons. The maximum atomic E-state index is 12.9. The molecule has 0 spiro atoms. The van der Waals surface area contributed by atoms with E-state index in [1.165, 1.54) is 0 Å². The van der Waals surface area contributed by atoms with Gasteiger partial charge in [-0.2, -0.15) is 0 Å². The van der Waals surface area contributed by atoms with Gasteiger partial charge in [0.25, 0.3) is 5.91 Å². The van der Waals surface area contributed by atoms with Crippen LogP contribution in [-0.2, 0) is 15.1 Å². The predicted molar refractivity (Wildman–Crippen MR) is 102 cm³/mol. The van der Waals surface area contributed by atoms with Crippen molar-refractivity contribution in [2.75, 3.05) is 33.3 Å². The number of hydrogen-bond acceptors (Lipinski definition) is 5. The number of nitrogens with zero attached hydrogens (tertiary/aromatic N) is 2. The van der Waals surface area contributed by atoms with Gasteiger partial charge in [-0.25, -0.2) is 4.79 Å². The van der Waals surface area contributed by atoms with Gasteiger partial charge in [-0.1, -0.05) is 12.1 Å². The highest BCUT2D eigenvalue weighted by Gasteiger charge is 2.49. The molecule has 2 heterocycles. The van der Waals surface area contributed by atoms with Crippen molar-refractivity contribution in [1.82, 2.24) is 15.1 Å². The summed E-state index contributed by atoms with van der Waals surface area (Å²) in [5.41, 5.74) is 5.08. The Morgan fingerprint density at radius 3 is 2.56 bits per heavy atom. The molecule has 4 amide bonds. The Hall–Kier alpha value is -2.32. The first-order chi connectivity index (χ1) is 12.4. The molecule has 3 rings (SSSR count). The third kappa shape index (κ3) is 3.86. The molecule has 1 aromatic rings. The van der Waals surface area contributed by atoms with Crippen molar-refractivity contribution in [2.24, 2.45) is 11.7 Å². The zero-order valence-corrected chi connectivity index (χ0v) is 16.3. The summed E-state index contributed by atoms with van der Waals surface area (Å²) in [6.07, 6.45) is 0.853. The van der Waals surface area contributed by atoms with Crippen LogP contribution in [0.4, 0.5) is 4.79 Å². The van der Waals surface area contributed by atoms with E-state index < -0.39 is 17.5 Å². The van der Waals surface area contributed by atoms with Crippen molar-refractivity contribution in [2.45, 2.75) is 18.9 Å². The van der Waals surface area contributed by atoms with Crippen LogP contribution in [0.15, 0.2) is 24.3 Å². The summed E-state index contributed by atoms with van der Waals surface area (Å²) < 4.78 is 5.12. The molecule has 0 bridgehead atoms. The standard InChI is InChI=1S/C18H24N4O4.ClH/c1-18(13-3-5-14(26-2)6-4-13)16(24)22(17(25)20-18)11-15(23)21-8-7-12(9-19)10-21;/h3-6,12H,7-11,19H2,1-2H3,(H,20,25);1H. The fourth-order valence-corrected chi connectivity index (χ4v) is 3.45. The Morgan fingerprint density at radius 2 is 2.00 bits per heavy atom. The van der Waals surface area contributed by atoms with Gasteiger partial charge in [-0.3, -0.25) is 14.5 Å². The summed E-state index contributed by atoms with van der Waals surface area (Å²) in [5, 5.41) is 2.71. The van der Waals surface area contributed by atoms with Gasteiger partial charge in [0.15, 0.2) is 0 Å². The van der Waals surface area contributed by atoms with Crippen LogP contribution in [-0.4, -0.2) is 60.9 Å². The SMILES string of the molecule is COc1ccc(C2(C)NC(=O)N(CC(=O)N3CCC(CN)C3)C2=O)cc1.Cl. The van der Waals surface area contributed by atoms with Crippen LogP contribution in [0.3, 0.4) is 0 Å². The number of ether oxygens (including phenoxy) is 1. The molecule has 8 nitrogen and oxygen atoms in total. The highest BCUT2D eigenvalue weighted by atomic mass is 35.5. The number of halogens is 1. The third-order valence-electron chi connectivity index (χ3n) is 5.21. The lowest BCUT2D eigenvalue weighted by atomic mass is 9.92. The van der Waals surface area contributed by atoms with E-state index >= 15 is 0 Å². The van der Waals surface area contributed by atoms with Crippen molar-refractivity contribution in [3.63, 3.8) is 0 Å². The molecule has 2 fully saturated rings. The van der Waals surface area contributed by atoms with Crippen LogP contribution in [0, 0.1) is 5.92 Å². The molecule has 0 aromatic heterocycles. The third-order valence-corrected chi connectivity index (χ3v) is 5.21. The number of carbonyl (C=O) groups is 3. The van der Waals surface area contributed by atoms with Gasteiger partial charge < -0.3 is 20.7 Å². The first kappa shape index (κ1) is 21.0. The van der Waals surface area contributed by atoms with Crippen molar-refractivity contribution >= 4 is 30.3 Å². The second kappa shape index (κ2) is 8.14. The molecule has 2 aliphatic heterocycles. The fourth-order valence-electron chi connectivity index (χ4n) is 3.45. The highest BCUT2D eigenvalue weighted by molar-refractivity contribution is 6.09. The number of amides is 4. The molecule has 0 saturated carbocycles. The largest absolute Gasteiger partial charge is 0.497 e. The summed E-state index contributed by atoms with van der Waals surface area (Å²) in [6, 6.07) is 6.36. The Bertz CT molecular complexity index is 727. The molecule has 3 N–H and O–H groups in total. The van der Waals surface area contributed by atoms with E-state index in [1.807, 2.05) is 0 Å². The normalized spacial score (nSPS) is 24.6. The molecular weight excluding hydrogens is 372 g/mol. The number of carbonyl (C=O) groups excluding carboxylic acids is 3. The van der Waals surface area contributed by atoms with Gasteiger partial charge in [0, 0.05) is 13.1 Å². The maximum Gasteiger partial charge on any atom is 0.325 e. The Balaban J connectivity index is 0.00000261. The average Bonchev–Trinajstić information content (AvgIpc) is 3.21. The van der Waals surface area contributed by atoms with E-state index in [9.17, 15) is 14.4 Å². The number of hydrogen-bond donors (Lipinski definition) is 2. The van der Waals surface area contributed by atoms with Gasteiger partial charge in [0.1, 0.15) is 17.8 Å². The smallest absolute Gasteiger partial charge is 0.325 e. The predicted octanol–water partition coefficient (Wildman–Crippen LogP) is 0.691. The number of methoxy groups -OCH3 is 1. The molecule has 0 aliphatic carbocycles. The molecule has 27 heavy (non-hydrogen) atoms. The Kier molecular flexibility index (Phi) is 6.33. The number of nitrogens with two attached hydrogens (primary N) is 1. The Morgan fingerprint density at radius 1 is 1.33 bits per heavy atom. The lowest BCUT2D eigenvalue weighted by Gasteiger charge is -2.23.